The van der Waals surface area contributed by atoms with Crippen molar-refractivity contribution in [2.45, 2.75) is 45.3 Å². The van der Waals surface area contributed by atoms with Gasteiger partial charge in [-0.05, 0) is 43.2 Å². The topological polar surface area (TPSA) is 86.8 Å². The summed E-state index contributed by atoms with van der Waals surface area (Å²) in [5.41, 5.74) is 1.41. The molecule has 1 N–H and O–H groups in total. The number of sulfonamides is 1. The van der Waals surface area contributed by atoms with Crippen LogP contribution in [0.2, 0.25) is 15.1 Å². The van der Waals surface area contributed by atoms with Crippen molar-refractivity contribution in [3.8, 4) is 0 Å². The Morgan fingerprint density at radius 1 is 0.875 bits per heavy atom. The van der Waals surface area contributed by atoms with E-state index in [-0.39, 0.29) is 35.6 Å². The summed E-state index contributed by atoms with van der Waals surface area (Å²) in [6.07, 6.45) is 1.86. The Labute approximate surface area is 251 Å². The third kappa shape index (κ3) is 8.36. The number of nitrogens with zero attached hydrogens (tertiary/aromatic N) is 2. The molecule has 0 aliphatic rings. The summed E-state index contributed by atoms with van der Waals surface area (Å²) in [6, 6.07) is 19.4. The number of benzene rings is 3. The number of carbonyl (C=O) groups excluding carboxylic acids is 2. The molecule has 7 nitrogen and oxygen atoms in total. The van der Waals surface area contributed by atoms with Crippen LogP contribution in [-0.2, 0) is 32.6 Å². The molecule has 0 aliphatic carbocycles. The van der Waals surface area contributed by atoms with E-state index in [4.69, 9.17) is 34.8 Å². The summed E-state index contributed by atoms with van der Waals surface area (Å²) < 4.78 is 26.7. The highest BCUT2D eigenvalue weighted by Crippen LogP contribution is 2.30. The summed E-state index contributed by atoms with van der Waals surface area (Å²) in [5.74, 6) is -1.00. The van der Waals surface area contributed by atoms with Gasteiger partial charge in [0.25, 0.3) is 0 Å². The van der Waals surface area contributed by atoms with Crippen molar-refractivity contribution in [1.29, 1.82) is 0 Å². The first kappa shape index (κ1) is 31.7. The van der Waals surface area contributed by atoms with E-state index in [1.54, 1.807) is 36.4 Å². The maximum Gasteiger partial charge on any atom is 0.244 e. The van der Waals surface area contributed by atoms with Crippen molar-refractivity contribution in [3.05, 3.63) is 99.0 Å². The van der Waals surface area contributed by atoms with Gasteiger partial charge in [0.1, 0.15) is 12.6 Å². The first-order chi connectivity index (χ1) is 18.9. The highest BCUT2D eigenvalue weighted by atomic mass is 35.5. The van der Waals surface area contributed by atoms with Gasteiger partial charge in [0.2, 0.25) is 21.8 Å². The lowest BCUT2D eigenvalue weighted by molar-refractivity contribution is -0.140. The predicted molar refractivity (Wildman–Crippen MR) is 162 cm³/mol. The molecule has 0 bridgehead atoms. The molecule has 0 spiro atoms. The number of hydrogen-bond acceptors (Lipinski definition) is 4. The van der Waals surface area contributed by atoms with Gasteiger partial charge in [-0.2, -0.15) is 0 Å². The molecule has 3 aromatic carbocycles. The standard InChI is InChI=1S/C29H32Cl3N3O4S/c1-4-20(2)33-29(37)27(17-21-11-6-5-7-12-21)34(18-22-23(30)14-10-15-24(22)31)28(36)19-35(40(3,38)39)26-16-9-8-13-25(26)32/h5-16,20,27H,4,17-19H2,1-3H3,(H,33,37). The van der Waals surface area contributed by atoms with Crippen molar-refractivity contribution in [2.24, 2.45) is 0 Å². The monoisotopic (exact) mass is 623 g/mol. The van der Waals surface area contributed by atoms with Crippen LogP contribution in [0.15, 0.2) is 72.8 Å². The molecule has 0 heterocycles. The van der Waals surface area contributed by atoms with Gasteiger partial charge in [0.05, 0.1) is 17.0 Å². The third-order valence-corrected chi connectivity index (χ3v) is 8.62. The lowest BCUT2D eigenvalue weighted by Gasteiger charge is -2.34. The highest BCUT2D eigenvalue weighted by molar-refractivity contribution is 7.92. The second-order valence-electron chi connectivity index (χ2n) is 9.47. The van der Waals surface area contributed by atoms with Crippen molar-refractivity contribution in [1.82, 2.24) is 10.2 Å². The molecule has 2 atom stereocenters. The minimum atomic E-state index is -3.94. The minimum absolute atomic E-state index is 0.122. The molecular weight excluding hydrogens is 593 g/mol. The number of hydrogen-bond donors (Lipinski definition) is 1. The number of para-hydroxylation sites is 1. The first-order valence-corrected chi connectivity index (χ1v) is 15.7. The fourth-order valence-electron chi connectivity index (χ4n) is 4.10. The van der Waals surface area contributed by atoms with Crippen LogP contribution in [0.1, 0.15) is 31.4 Å². The Bertz CT molecular complexity index is 1420. The van der Waals surface area contributed by atoms with Gasteiger partial charge in [-0.1, -0.05) is 90.3 Å². The average molecular weight is 625 g/mol. The number of halogens is 3. The summed E-state index contributed by atoms with van der Waals surface area (Å²) >= 11 is 19.3. The van der Waals surface area contributed by atoms with Gasteiger partial charge in [0, 0.05) is 34.6 Å². The summed E-state index contributed by atoms with van der Waals surface area (Å²) in [4.78, 5) is 29.2. The molecule has 40 heavy (non-hydrogen) atoms. The fourth-order valence-corrected chi connectivity index (χ4v) is 5.76. The SMILES string of the molecule is CCC(C)NC(=O)C(Cc1ccccc1)N(Cc1c(Cl)cccc1Cl)C(=O)CN(c1ccccc1Cl)S(C)(=O)=O. The van der Waals surface area contributed by atoms with Gasteiger partial charge in [0.15, 0.2) is 0 Å². The van der Waals surface area contributed by atoms with Crippen molar-refractivity contribution in [3.63, 3.8) is 0 Å². The predicted octanol–water partition coefficient (Wildman–Crippen LogP) is 5.97. The van der Waals surface area contributed by atoms with Crippen molar-refractivity contribution >= 4 is 62.3 Å². The normalized spacial score (nSPS) is 12.8. The maximum atomic E-state index is 14.1. The van der Waals surface area contributed by atoms with Gasteiger partial charge in [-0.3, -0.25) is 13.9 Å². The molecular formula is C29H32Cl3N3O4S. The maximum absolute atomic E-state index is 14.1. The van der Waals surface area contributed by atoms with Gasteiger partial charge < -0.3 is 10.2 Å². The van der Waals surface area contributed by atoms with E-state index in [0.29, 0.717) is 22.0 Å². The van der Waals surface area contributed by atoms with E-state index in [0.717, 1.165) is 16.1 Å². The summed E-state index contributed by atoms with van der Waals surface area (Å²) in [5, 5.41) is 3.77. The van der Waals surface area contributed by atoms with Crippen LogP contribution in [0.5, 0.6) is 0 Å². The minimum Gasteiger partial charge on any atom is -0.352 e. The Morgan fingerprint density at radius 2 is 1.45 bits per heavy atom. The van der Waals surface area contributed by atoms with E-state index in [1.807, 2.05) is 44.2 Å². The van der Waals surface area contributed by atoms with E-state index in [1.165, 1.54) is 11.0 Å². The highest BCUT2D eigenvalue weighted by Gasteiger charge is 2.34. The Balaban J connectivity index is 2.12. The second-order valence-corrected chi connectivity index (χ2v) is 12.6. The number of amides is 2. The van der Waals surface area contributed by atoms with Crippen LogP contribution in [0, 0.1) is 0 Å². The molecule has 2 amide bonds. The first-order valence-electron chi connectivity index (χ1n) is 12.7. The zero-order valence-electron chi connectivity index (χ0n) is 22.5. The zero-order valence-corrected chi connectivity index (χ0v) is 25.6. The Kier molecular flexibility index (Phi) is 11.3. The lowest BCUT2D eigenvalue weighted by atomic mass is 10.0. The molecule has 3 rings (SSSR count). The number of nitrogens with one attached hydrogen (secondary N) is 1. The van der Waals surface area contributed by atoms with Crippen molar-refractivity contribution in [2.75, 3.05) is 17.1 Å². The number of anilines is 1. The van der Waals surface area contributed by atoms with Crippen LogP contribution in [0.25, 0.3) is 0 Å². The Hall–Kier alpha value is -2.78. The molecule has 11 heteroatoms. The van der Waals surface area contributed by atoms with E-state index in [9.17, 15) is 18.0 Å². The summed E-state index contributed by atoms with van der Waals surface area (Å²) in [7, 11) is -3.94. The Morgan fingerprint density at radius 3 is 2.02 bits per heavy atom. The van der Waals surface area contributed by atoms with Crippen LogP contribution in [0.4, 0.5) is 5.69 Å². The molecule has 0 radical (unpaired) electrons. The van der Waals surface area contributed by atoms with Crippen LogP contribution < -0.4 is 9.62 Å². The summed E-state index contributed by atoms with van der Waals surface area (Å²) in [6.45, 7) is 3.10. The van der Waals surface area contributed by atoms with E-state index < -0.39 is 28.5 Å². The van der Waals surface area contributed by atoms with Gasteiger partial charge in [-0.25, -0.2) is 8.42 Å². The van der Waals surface area contributed by atoms with Crippen LogP contribution in [-0.4, -0.2) is 50.0 Å². The molecule has 0 saturated carbocycles. The van der Waals surface area contributed by atoms with E-state index in [2.05, 4.69) is 5.32 Å². The molecule has 0 fully saturated rings. The number of carbonyl (C=O) groups is 2. The molecule has 0 saturated heterocycles. The smallest absolute Gasteiger partial charge is 0.244 e. The van der Waals surface area contributed by atoms with Crippen molar-refractivity contribution < 1.29 is 18.0 Å². The fraction of sp³-hybridized carbons (Fsp3) is 0.310. The van der Waals surface area contributed by atoms with E-state index >= 15 is 0 Å². The third-order valence-electron chi connectivity index (χ3n) is 6.46. The number of rotatable bonds is 12. The molecule has 0 aliphatic heterocycles. The van der Waals surface area contributed by atoms with Gasteiger partial charge >= 0.3 is 0 Å². The molecule has 3 aromatic rings. The molecule has 0 aromatic heterocycles. The van der Waals surface area contributed by atoms with Gasteiger partial charge in [-0.15, -0.1) is 0 Å². The van der Waals surface area contributed by atoms with Crippen LogP contribution in [0.3, 0.4) is 0 Å². The largest absolute Gasteiger partial charge is 0.352 e. The quantitative estimate of drug-likeness (QED) is 0.269. The average Bonchev–Trinajstić information content (AvgIpc) is 2.91. The lowest BCUT2D eigenvalue weighted by Crippen LogP contribution is -2.54. The molecule has 214 valence electrons. The zero-order chi connectivity index (χ0) is 29.4. The van der Waals surface area contributed by atoms with Crippen LogP contribution >= 0.6 is 34.8 Å². The molecule has 2 unspecified atom stereocenters. The second kappa shape index (κ2) is 14.2.